The number of hydrogen-bond donors (Lipinski definition) is 1. The van der Waals surface area contributed by atoms with E-state index >= 15 is 0 Å². The highest BCUT2D eigenvalue weighted by Crippen LogP contribution is 2.39. The number of amides is 1. The first-order valence-electron chi connectivity index (χ1n) is 12.4. The van der Waals surface area contributed by atoms with Gasteiger partial charge in [-0.15, -0.1) is 0 Å². The quantitative estimate of drug-likeness (QED) is 0.365. The third-order valence-corrected chi connectivity index (χ3v) is 7.63. The number of non-ortho nitro benzene ring substituents is 1. The molecule has 0 unspecified atom stereocenters. The first-order chi connectivity index (χ1) is 17.9. The van der Waals surface area contributed by atoms with Gasteiger partial charge in [0.25, 0.3) is 5.69 Å². The number of nitrogens with zero attached hydrogens (tertiary/aromatic N) is 3. The fraction of sp³-hybridized carbons (Fsp3) is 0.321. The molecule has 2 atom stereocenters. The van der Waals surface area contributed by atoms with Gasteiger partial charge in [0.1, 0.15) is 5.75 Å². The van der Waals surface area contributed by atoms with Crippen LogP contribution in [-0.2, 0) is 17.6 Å². The van der Waals surface area contributed by atoms with Crippen LogP contribution < -0.4 is 19.9 Å². The Balaban J connectivity index is 1.37. The Morgan fingerprint density at radius 1 is 1.11 bits per heavy atom. The number of rotatable bonds is 7. The van der Waals surface area contributed by atoms with Gasteiger partial charge in [-0.25, -0.2) is 0 Å². The Kier molecular flexibility index (Phi) is 7.19. The van der Waals surface area contributed by atoms with Crippen LogP contribution in [0.3, 0.4) is 0 Å². The molecule has 2 heterocycles. The van der Waals surface area contributed by atoms with E-state index in [1.807, 2.05) is 54.6 Å². The van der Waals surface area contributed by atoms with Gasteiger partial charge >= 0.3 is 0 Å². The summed E-state index contributed by atoms with van der Waals surface area (Å²) in [6.07, 6.45) is 1.15. The van der Waals surface area contributed by atoms with Crippen molar-refractivity contribution in [2.45, 2.75) is 18.9 Å². The molecule has 1 saturated heterocycles. The van der Waals surface area contributed by atoms with Gasteiger partial charge in [-0.3, -0.25) is 14.9 Å². The monoisotopic (exact) mass is 520 g/mol. The molecule has 3 aromatic rings. The van der Waals surface area contributed by atoms with Gasteiger partial charge in [0.05, 0.1) is 34.7 Å². The second kappa shape index (κ2) is 10.7. The van der Waals surface area contributed by atoms with Crippen LogP contribution in [0.25, 0.3) is 0 Å². The molecule has 0 saturated carbocycles. The minimum atomic E-state index is -0.383. The standard InChI is InChI=1S/C28H29ClN4O4/c1-37-22-9-6-19(7-10-22)12-13-30-28(34)23-17-20-16-21(33(35)36)8-11-25(20)32-15-14-31(18-27(23)32)26-5-3-2-4-24(26)29/h2-11,16,23,27H,12-15,17-18H2,1H3,(H,30,34)/t23-,27-/m1/s1. The summed E-state index contributed by atoms with van der Waals surface area (Å²) in [5, 5.41) is 15.2. The molecule has 3 aromatic carbocycles. The van der Waals surface area contributed by atoms with E-state index in [1.165, 1.54) is 0 Å². The molecule has 0 aliphatic carbocycles. The summed E-state index contributed by atoms with van der Waals surface area (Å²) in [5.41, 5.74) is 3.92. The number of carbonyl (C=O) groups excluding carboxylic acids is 1. The van der Waals surface area contributed by atoms with Crippen molar-refractivity contribution in [1.29, 1.82) is 0 Å². The van der Waals surface area contributed by atoms with Crippen molar-refractivity contribution in [3.8, 4) is 5.75 Å². The van der Waals surface area contributed by atoms with Gasteiger partial charge in [-0.1, -0.05) is 35.9 Å². The normalized spacial score (nSPS) is 18.5. The lowest BCUT2D eigenvalue weighted by molar-refractivity contribution is -0.384. The number of piperazine rings is 1. The number of fused-ring (bicyclic) bond motifs is 3. The number of para-hydroxylation sites is 1. The summed E-state index contributed by atoms with van der Waals surface area (Å²) in [4.78, 5) is 29.1. The maximum atomic E-state index is 13.5. The molecule has 192 valence electrons. The van der Waals surface area contributed by atoms with E-state index in [2.05, 4.69) is 15.1 Å². The molecule has 1 amide bonds. The highest BCUT2D eigenvalue weighted by atomic mass is 35.5. The minimum absolute atomic E-state index is 0.0401. The van der Waals surface area contributed by atoms with Crippen molar-refractivity contribution in [1.82, 2.24) is 5.32 Å². The maximum absolute atomic E-state index is 13.5. The number of halogens is 1. The van der Waals surface area contributed by atoms with E-state index in [9.17, 15) is 14.9 Å². The van der Waals surface area contributed by atoms with Gasteiger partial charge in [-0.2, -0.15) is 0 Å². The zero-order valence-electron chi connectivity index (χ0n) is 20.6. The predicted molar refractivity (Wildman–Crippen MR) is 145 cm³/mol. The molecule has 0 bridgehead atoms. The summed E-state index contributed by atoms with van der Waals surface area (Å²) in [6.45, 7) is 2.57. The minimum Gasteiger partial charge on any atom is -0.497 e. The van der Waals surface area contributed by atoms with E-state index in [1.54, 1.807) is 19.2 Å². The Morgan fingerprint density at radius 2 is 1.89 bits per heavy atom. The van der Waals surface area contributed by atoms with Crippen LogP contribution >= 0.6 is 11.6 Å². The number of nitro benzene ring substituents is 1. The topological polar surface area (TPSA) is 87.9 Å². The highest BCUT2D eigenvalue weighted by molar-refractivity contribution is 6.33. The average molecular weight is 521 g/mol. The molecular formula is C28H29ClN4O4. The van der Waals surface area contributed by atoms with Crippen LogP contribution in [0.1, 0.15) is 11.1 Å². The lowest BCUT2D eigenvalue weighted by atomic mass is 9.83. The number of benzene rings is 3. The number of anilines is 2. The first kappa shape index (κ1) is 24.9. The number of methoxy groups -OCH3 is 1. The van der Waals surface area contributed by atoms with Gasteiger partial charge in [0.2, 0.25) is 5.91 Å². The lowest BCUT2D eigenvalue weighted by Crippen LogP contribution is -2.61. The third kappa shape index (κ3) is 5.20. The van der Waals surface area contributed by atoms with Gasteiger partial charge in [-0.05, 0) is 54.3 Å². The van der Waals surface area contributed by atoms with Crippen molar-refractivity contribution < 1.29 is 14.5 Å². The van der Waals surface area contributed by atoms with Crippen molar-refractivity contribution in [3.63, 3.8) is 0 Å². The van der Waals surface area contributed by atoms with E-state index in [4.69, 9.17) is 16.3 Å². The van der Waals surface area contributed by atoms with Crippen LogP contribution in [-0.4, -0.2) is 50.2 Å². The number of ether oxygens (including phenoxy) is 1. The zero-order valence-corrected chi connectivity index (χ0v) is 21.4. The third-order valence-electron chi connectivity index (χ3n) is 7.31. The summed E-state index contributed by atoms with van der Waals surface area (Å²) in [5.74, 6) is 0.403. The van der Waals surface area contributed by atoms with E-state index in [0.29, 0.717) is 37.5 Å². The van der Waals surface area contributed by atoms with Crippen LogP contribution in [0, 0.1) is 16.0 Å². The summed E-state index contributed by atoms with van der Waals surface area (Å²) < 4.78 is 5.21. The average Bonchev–Trinajstić information content (AvgIpc) is 2.92. The zero-order chi connectivity index (χ0) is 25.9. The van der Waals surface area contributed by atoms with Gasteiger partial charge in [0, 0.05) is 44.0 Å². The maximum Gasteiger partial charge on any atom is 0.269 e. The molecule has 1 fully saturated rings. The van der Waals surface area contributed by atoms with Crippen molar-refractivity contribution >= 4 is 34.6 Å². The molecule has 0 aromatic heterocycles. The fourth-order valence-corrected chi connectivity index (χ4v) is 5.66. The van der Waals surface area contributed by atoms with E-state index in [-0.39, 0.29) is 28.5 Å². The Bertz CT molecular complexity index is 1300. The molecule has 0 radical (unpaired) electrons. The first-order valence-corrected chi connectivity index (χ1v) is 12.8. The molecule has 5 rings (SSSR count). The molecule has 1 N–H and O–H groups in total. The molecule has 0 spiro atoms. The smallest absolute Gasteiger partial charge is 0.269 e. The van der Waals surface area contributed by atoms with E-state index < -0.39 is 0 Å². The summed E-state index contributed by atoms with van der Waals surface area (Å²) >= 11 is 6.50. The van der Waals surface area contributed by atoms with Crippen LogP contribution in [0.5, 0.6) is 5.75 Å². The molecule has 9 heteroatoms. The predicted octanol–water partition coefficient (Wildman–Crippen LogP) is 4.48. The molecular weight excluding hydrogens is 492 g/mol. The fourth-order valence-electron chi connectivity index (χ4n) is 5.40. The largest absolute Gasteiger partial charge is 0.497 e. The van der Waals surface area contributed by atoms with Crippen molar-refractivity contribution in [2.24, 2.45) is 5.92 Å². The van der Waals surface area contributed by atoms with Crippen LogP contribution in [0.2, 0.25) is 5.02 Å². The van der Waals surface area contributed by atoms with Gasteiger partial charge in [0.15, 0.2) is 0 Å². The van der Waals surface area contributed by atoms with Crippen LogP contribution in [0.4, 0.5) is 17.1 Å². The second-order valence-corrected chi connectivity index (χ2v) is 9.84. The van der Waals surface area contributed by atoms with Crippen LogP contribution in [0.15, 0.2) is 66.7 Å². The number of nitro groups is 1. The molecule has 2 aliphatic heterocycles. The number of hydrogen-bond acceptors (Lipinski definition) is 6. The van der Waals surface area contributed by atoms with Gasteiger partial charge < -0.3 is 19.9 Å². The molecule has 37 heavy (non-hydrogen) atoms. The Morgan fingerprint density at radius 3 is 2.62 bits per heavy atom. The number of nitrogens with one attached hydrogen (secondary N) is 1. The highest BCUT2D eigenvalue weighted by Gasteiger charge is 2.42. The van der Waals surface area contributed by atoms with E-state index in [0.717, 1.165) is 34.8 Å². The summed E-state index contributed by atoms with van der Waals surface area (Å²) in [7, 11) is 1.63. The summed E-state index contributed by atoms with van der Waals surface area (Å²) in [6, 6.07) is 20.5. The second-order valence-electron chi connectivity index (χ2n) is 9.43. The lowest BCUT2D eigenvalue weighted by Gasteiger charge is -2.49. The Labute approximate surface area is 220 Å². The Hall–Kier alpha value is -3.78. The SMILES string of the molecule is COc1ccc(CCNC(=O)[C@@H]2Cc3cc([N+](=O)[O-])ccc3N3CCN(c4ccccc4Cl)C[C@H]23)cc1. The van der Waals surface area contributed by atoms with Crippen molar-refractivity contribution in [2.75, 3.05) is 43.1 Å². The molecule has 8 nitrogen and oxygen atoms in total. The molecule has 2 aliphatic rings. The number of carbonyl (C=O) groups is 1. The van der Waals surface area contributed by atoms with Crippen molar-refractivity contribution in [3.05, 3.63) is 93.0 Å².